The lowest BCUT2D eigenvalue weighted by Crippen LogP contribution is -2.31. The van der Waals surface area contributed by atoms with Crippen molar-refractivity contribution >= 4 is 34.9 Å². The molecule has 10 heteroatoms. The molecule has 30 heavy (non-hydrogen) atoms. The van der Waals surface area contributed by atoms with Gasteiger partial charge in [0.05, 0.1) is 17.1 Å². The van der Waals surface area contributed by atoms with Gasteiger partial charge in [-0.3, -0.25) is 14.9 Å². The number of nitro groups is 1. The average Bonchev–Trinajstić information content (AvgIpc) is 2.71. The van der Waals surface area contributed by atoms with E-state index in [1.807, 2.05) is 6.07 Å². The summed E-state index contributed by atoms with van der Waals surface area (Å²) in [5.74, 6) is -1.27. The van der Waals surface area contributed by atoms with E-state index in [4.69, 9.17) is 21.1 Å². The third kappa shape index (κ3) is 6.71. The van der Waals surface area contributed by atoms with E-state index >= 15 is 0 Å². The molecule has 0 bridgehead atoms. The molecule has 0 aromatic heterocycles. The number of non-ortho nitro benzene ring substituents is 1. The highest BCUT2D eigenvalue weighted by atomic mass is 35.5. The van der Waals surface area contributed by atoms with E-state index in [2.05, 4.69) is 5.32 Å². The van der Waals surface area contributed by atoms with Gasteiger partial charge in [0, 0.05) is 50.1 Å². The number of nitrogens with one attached hydrogen (secondary N) is 1. The molecule has 9 nitrogen and oxygen atoms in total. The number of anilines is 1. The Labute approximate surface area is 178 Å². The number of nitro benzene ring substituents is 1. The van der Waals surface area contributed by atoms with Crippen molar-refractivity contribution in [3.05, 3.63) is 68.7 Å². The van der Waals surface area contributed by atoms with Gasteiger partial charge in [-0.1, -0.05) is 23.7 Å². The lowest BCUT2D eigenvalue weighted by atomic mass is 10.1. The van der Waals surface area contributed by atoms with Gasteiger partial charge in [-0.15, -0.1) is 0 Å². The van der Waals surface area contributed by atoms with Crippen LogP contribution in [0.1, 0.15) is 15.9 Å². The van der Waals surface area contributed by atoms with Crippen molar-refractivity contribution in [1.29, 1.82) is 0 Å². The molecular weight excluding hydrogens is 414 g/mol. The molecule has 1 N–H and O–H groups in total. The van der Waals surface area contributed by atoms with Gasteiger partial charge in [-0.25, -0.2) is 4.79 Å². The van der Waals surface area contributed by atoms with Crippen molar-refractivity contribution in [1.82, 2.24) is 4.90 Å². The number of hydrogen-bond acceptors (Lipinski definition) is 7. The molecule has 1 amide bonds. The number of ether oxygens (including phenoxy) is 2. The van der Waals surface area contributed by atoms with Crippen molar-refractivity contribution < 1.29 is 24.0 Å². The van der Waals surface area contributed by atoms with Crippen LogP contribution >= 0.6 is 11.6 Å². The zero-order chi connectivity index (χ0) is 22.1. The topological polar surface area (TPSA) is 111 Å². The molecule has 0 saturated carbocycles. The smallest absolute Gasteiger partial charge is 0.341 e. The van der Waals surface area contributed by atoms with E-state index in [-0.39, 0.29) is 17.8 Å². The first kappa shape index (κ1) is 23.1. The minimum atomic E-state index is -0.844. The third-order valence-corrected chi connectivity index (χ3v) is 4.35. The van der Waals surface area contributed by atoms with Gasteiger partial charge in [-0.05, 0) is 23.8 Å². The highest BCUT2D eigenvalue weighted by Crippen LogP contribution is 2.23. The second-order valence-corrected chi connectivity index (χ2v) is 6.80. The van der Waals surface area contributed by atoms with E-state index in [1.165, 1.54) is 24.1 Å². The van der Waals surface area contributed by atoms with Crippen LogP contribution in [0.25, 0.3) is 0 Å². The maximum atomic E-state index is 12.5. The molecule has 0 fully saturated rings. The molecule has 0 radical (unpaired) electrons. The number of nitrogens with zero attached hydrogens (tertiary/aromatic N) is 2. The fourth-order valence-corrected chi connectivity index (χ4v) is 2.78. The Kier molecular flexibility index (Phi) is 8.57. The second-order valence-electron chi connectivity index (χ2n) is 6.36. The predicted octanol–water partition coefficient (Wildman–Crippen LogP) is 3.12. The van der Waals surface area contributed by atoms with E-state index in [9.17, 15) is 19.7 Å². The third-order valence-electron chi connectivity index (χ3n) is 4.12. The minimum absolute atomic E-state index is 0.0365. The summed E-state index contributed by atoms with van der Waals surface area (Å²) in [6.45, 7) is 0.543. The van der Waals surface area contributed by atoms with Crippen molar-refractivity contribution in [3.8, 4) is 0 Å². The maximum absolute atomic E-state index is 12.5. The number of amides is 1. The van der Waals surface area contributed by atoms with Crippen LogP contribution in [0.2, 0.25) is 5.02 Å². The zero-order valence-corrected chi connectivity index (χ0v) is 17.3. The molecule has 0 unspecified atom stereocenters. The lowest BCUT2D eigenvalue weighted by Gasteiger charge is -2.18. The first-order valence-electron chi connectivity index (χ1n) is 8.98. The van der Waals surface area contributed by atoms with Gasteiger partial charge in [0.1, 0.15) is 0 Å². The Morgan fingerprint density at radius 2 is 2.00 bits per heavy atom. The molecule has 0 spiro atoms. The average molecular weight is 436 g/mol. The second kappa shape index (κ2) is 11.1. The normalized spacial score (nSPS) is 10.4. The number of hydrogen-bond donors (Lipinski definition) is 1. The Morgan fingerprint density at radius 1 is 1.23 bits per heavy atom. The monoisotopic (exact) mass is 435 g/mol. The first-order valence-corrected chi connectivity index (χ1v) is 9.36. The molecule has 0 saturated heterocycles. The van der Waals surface area contributed by atoms with Gasteiger partial charge in [0.15, 0.2) is 6.61 Å². The molecule has 2 aromatic rings. The number of methoxy groups -OCH3 is 1. The molecule has 160 valence electrons. The van der Waals surface area contributed by atoms with Gasteiger partial charge >= 0.3 is 5.97 Å². The summed E-state index contributed by atoms with van der Waals surface area (Å²) in [6, 6.07) is 10.9. The van der Waals surface area contributed by atoms with Crippen LogP contribution in [0.4, 0.5) is 11.4 Å². The Balaban J connectivity index is 2.03. The van der Waals surface area contributed by atoms with Crippen molar-refractivity contribution in [2.45, 2.75) is 6.54 Å². The van der Waals surface area contributed by atoms with Crippen molar-refractivity contribution in [3.63, 3.8) is 0 Å². The molecule has 0 aliphatic heterocycles. The molecule has 0 atom stereocenters. The van der Waals surface area contributed by atoms with E-state index in [0.717, 1.165) is 11.6 Å². The first-order chi connectivity index (χ1) is 14.3. The molecule has 0 aliphatic rings. The van der Waals surface area contributed by atoms with Crippen molar-refractivity contribution in [2.24, 2.45) is 0 Å². The zero-order valence-electron chi connectivity index (χ0n) is 16.6. The number of likely N-dealkylation sites (N-methyl/N-ethyl adjacent to an activating group) is 1. The highest BCUT2D eigenvalue weighted by molar-refractivity contribution is 6.30. The number of carbonyl (C=O) groups excluding carboxylic acids is 2. The van der Waals surface area contributed by atoms with Gasteiger partial charge in [-0.2, -0.15) is 0 Å². The molecule has 0 heterocycles. The van der Waals surface area contributed by atoms with Crippen LogP contribution in [-0.2, 0) is 20.8 Å². The number of benzene rings is 2. The highest BCUT2D eigenvalue weighted by Gasteiger charge is 2.20. The van der Waals surface area contributed by atoms with E-state index in [1.54, 1.807) is 25.2 Å². The number of esters is 1. The number of halogens is 1. The quantitative estimate of drug-likeness (QED) is 0.264. The predicted molar refractivity (Wildman–Crippen MR) is 112 cm³/mol. The maximum Gasteiger partial charge on any atom is 0.341 e. The SMILES string of the molecule is COCCNc1ccc([N+](=O)[O-])cc1C(=O)OCC(=O)N(C)Cc1cccc(Cl)c1. The Morgan fingerprint density at radius 3 is 2.67 bits per heavy atom. The summed E-state index contributed by atoms with van der Waals surface area (Å²) in [6.07, 6.45) is 0. The fraction of sp³-hybridized carbons (Fsp3) is 0.300. The van der Waals surface area contributed by atoms with Gasteiger partial charge < -0.3 is 19.7 Å². The van der Waals surface area contributed by atoms with Crippen LogP contribution in [-0.4, -0.2) is 55.6 Å². The molecule has 2 aromatic carbocycles. The van der Waals surface area contributed by atoms with E-state index in [0.29, 0.717) is 23.9 Å². The summed E-state index contributed by atoms with van der Waals surface area (Å²) in [4.78, 5) is 36.6. The molecular formula is C20H22ClN3O6. The Hall–Kier alpha value is -3.17. The van der Waals surface area contributed by atoms with Crippen LogP contribution in [0.15, 0.2) is 42.5 Å². The van der Waals surface area contributed by atoms with Crippen LogP contribution in [0.3, 0.4) is 0 Å². The number of carbonyl (C=O) groups is 2. The summed E-state index contributed by atoms with van der Waals surface area (Å²) in [5.41, 5.74) is 0.879. The minimum Gasteiger partial charge on any atom is -0.452 e. The van der Waals surface area contributed by atoms with E-state index < -0.39 is 23.4 Å². The molecule has 0 aliphatic carbocycles. The van der Waals surface area contributed by atoms with Gasteiger partial charge in [0.2, 0.25) is 0 Å². The molecule has 2 rings (SSSR count). The van der Waals surface area contributed by atoms with Crippen LogP contribution in [0.5, 0.6) is 0 Å². The summed E-state index contributed by atoms with van der Waals surface area (Å²) < 4.78 is 10.0. The van der Waals surface area contributed by atoms with Gasteiger partial charge in [0.25, 0.3) is 11.6 Å². The van der Waals surface area contributed by atoms with Crippen molar-refractivity contribution in [2.75, 3.05) is 39.2 Å². The van der Waals surface area contributed by atoms with Crippen LogP contribution in [0, 0.1) is 10.1 Å². The largest absolute Gasteiger partial charge is 0.452 e. The standard InChI is InChI=1S/C20H22ClN3O6/c1-23(12-14-4-3-5-15(21)10-14)19(25)13-30-20(26)17-11-16(24(27)28)6-7-18(17)22-8-9-29-2/h3-7,10-11,22H,8-9,12-13H2,1-2H3. The van der Waals surface area contributed by atoms with Crippen LogP contribution < -0.4 is 5.32 Å². The lowest BCUT2D eigenvalue weighted by molar-refractivity contribution is -0.384. The summed E-state index contributed by atoms with van der Waals surface area (Å²) in [5, 5.41) is 14.6. The fourth-order valence-electron chi connectivity index (χ4n) is 2.57. The number of rotatable bonds is 10. The summed E-state index contributed by atoms with van der Waals surface area (Å²) in [7, 11) is 3.10. The summed E-state index contributed by atoms with van der Waals surface area (Å²) >= 11 is 5.94. The Bertz CT molecular complexity index is 921.